The van der Waals surface area contributed by atoms with Gasteiger partial charge >= 0.3 is 0 Å². The van der Waals surface area contributed by atoms with Crippen molar-refractivity contribution in [2.24, 2.45) is 5.92 Å². The highest BCUT2D eigenvalue weighted by atomic mass is 32.2. The molecule has 1 aliphatic heterocycles. The molecule has 0 radical (unpaired) electrons. The molecule has 0 spiro atoms. The number of nitrogens with one attached hydrogen (secondary N) is 1. The first-order valence-corrected chi connectivity index (χ1v) is 9.75. The van der Waals surface area contributed by atoms with Crippen LogP contribution < -0.4 is 4.72 Å². The Morgan fingerprint density at radius 2 is 1.96 bits per heavy atom. The molecule has 1 fully saturated rings. The minimum absolute atomic E-state index is 0.207. The van der Waals surface area contributed by atoms with Gasteiger partial charge in [0.05, 0.1) is 18.1 Å². The number of sulfonamides is 1. The molecule has 2 rings (SSSR count). The fourth-order valence-electron chi connectivity index (χ4n) is 2.92. The predicted octanol–water partition coefficient (Wildman–Crippen LogP) is 2.02. The van der Waals surface area contributed by atoms with Gasteiger partial charge in [0.1, 0.15) is 0 Å². The third-order valence-electron chi connectivity index (χ3n) is 4.11. The number of rotatable bonds is 7. The van der Waals surface area contributed by atoms with E-state index in [1.807, 2.05) is 13.0 Å². The first-order valence-electron chi connectivity index (χ1n) is 8.26. The van der Waals surface area contributed by atoms with E-state index in [0.29, 0.717) is 17.4 Å². The van der Waals surface area contributed by atoms with Crippen LogP contribution in [0.3, 0.4) is 0 Å². The van der Waals surface area contributed by atoms with Gasteiger partial charge in [-0.1, -0.05) is 26.0 Å². The van der Waals surface area contributed by atoms with E-state index in [-0.39, 0.29) is 6.04 Å². The number of aryl methyl sites for hydroxylation is 1. The summed E-state index contributed by atoms with van der Waals surface area (Å²) in [5.41, 5.74) is 0.944. The number of hydrogen-bond donors (Lipinski definition) is 1. The second kappa shape index (κ2) is 8.24. The van der Waals surface area contributed by atoms with Gasteiger partial charge in [0.2, 0.25) is 10.0 Å². The summed E-state index contributed by atoms with van der Waals surface area (Å²) < 4.78 is 33.2. The Labute approximate surface area is 140 Å². The molecule has 6 heteroatoms. The third kappa shape index (κ3) is 5.57. The standard InChI is InChI=1S/C17H28N2O3S/c1-14(2)11-16(19-7-9-22-10-8-19)13-18-23(20,21)17-6-4-5-15(3)12-17/h4-6,12,14,16,18H,7-11,13H2,1-3H3. The van der Waals surface area contributed by atoms with Crippen molar-refractivity contribution in [2.75, 3.05) is 32.8 Å². The summed E-state index contributed by atoms with van der Waals surface area (Å²) in [6.07, 6.45) is 0.969. The van der Waals surface area contributed by atoms with Crippen molar-refractivity contribution in [3.63, 3.8) is 0 Å². The molecule has 0 aromatic heterocycles. The molecule has 1 aromatic carbocycles. The van der Waals surface area contributed by atoms with Gasteiger partial charge in [-0.25, -0.2) is 13.1 Å². The zero-order valence-electron chi connectivity index (χ0n) is 14.3. The molecule has 0 bridgehead atoms. The normalized spacial score (nSPS) is 18.3. The van der Waals surface area contributed by atoms with Crippen LogP contribution in [0.1, 0.15) is 25.8 Å². The molecule has 0 amide bonds. The van der Waals surface area contributed by atoms with E-state index in [4.69, 9.17) is 4.74 Å². The van der Waals surface area contributed by atoms with Gasteiger partial charge in [-0.15, -0.1) is 0 Å². The zero-order valence-corrected chi connectivity index (χ0v) is 15.1. The molecule has 1 unspecified atom stereocenters. The Balaban J connectivity index is 2.04. The lowest BCUT2D eigenvalue weighted by Crippen LogP contribution is -2.49. The molecule has 1 aliphatic rings. The van der Waals surface area contributed by atoms with Crippen molar-refractivity contribution >= 4 is 10.0 Å². The highest BCUT2D eigenvalue weighted by molar-refractivity contribution is 7.89. The van der Waals surface area contributed by atoms with E-state index in [1.54, 1.807) is 18.2 Å². The van der Waals surface area contributed by atoms with Crippen LogP contribution in [0.15, 0.2) is 29.2 Å². The number of morpholine rings is 1. The third-order valence-corrected chi connectivity index (χ3v) is 5.54. The molecule has 0 aliphatic carbocycles. The molecule has 0 saturated carbocycles. The fraction of sp³-hybridized carbons (Fsp3) is 0.647. The van der Waals surface area contributed by atoms with E-state index < -0.39 is 10.0 Å². The predicted molar refractivity (Wildman–Crippen MR) is 92.0 cm³/mol. The van der Waals surface area contributed by atoms with Gasteiger partial charge in [0, 0.05) is 25.7 Å². The Hall–Kier alpha value is -0.950. The molecule has 1 heterocycles. The number of nitrogens with zero attached hydrogens (tertiary/aromatic N) is 1. The molecular weight excluding hydrogens is 312 g/mol. The van der Waals surface area contributed by atoms with Crippen molar-refractivity contribution in [1.82, 2.24) is 9.62 Å². The number of ether oxygens (including phenoxy) is 1. The first-order chi connectivity index (χ1) is 10.9. The molecule has 130 valence electrons. The minimum atomic E-state index is -3.46. The molecule has 23 heavy (non-hydrogen) atoms. The number of benzene rings is 1. The Morgan fingerprint density at radius 1 is 1.26 bits per heavy atom. The second-order valence-corrected chi connectivity index (χ2v) is 8.37. The van der Waals surface area contributed by atoms with Crippen LogP contribution in [0.4, 0.5) is 0 Å². The van der Waals surface area contributed by atoms with Crippen LogP contribution in [0.2, 0.25) is 0 Å². The number of hydrogen-bond acceptors (Lipinski definition) is 4. The first kappa shape index (κ1) is 18.4. The topological polar surface area (TPSA) is 58.6 Å². The van der Waals surface area contributed by atoms with E-state index in [9.17, 15) is 8.42 Å². The molecule has 1 aromatic rings. The van der Waals surface area contributed by atoms with Gasteiger partial charge < -0.3 is 4.74 Å². The monoisotopic (exact) mass is 340 g/mol. The van der Waals surface area contributed by atoms with Crippen LogP contribution in [0.25, 0.3) is 0 Å². The van der Waals surface area contributed by atoms with Crippen molar-refractivity contribution in [3.05, 3.63) is 29.8 Å². The van der Waals surface area contributed by atoms with Crippen molar-refractivity contribution in [2.45, 2.75) is 38.1 Å². The minimum Gasteiger partial charge on any atom is -0.379 e. The van der Waals surface area contributed by atoms with Crippen LogP contribution in [0.5, 0.6) is 0 Å². The maximum absolute atomic E-state index is 12.5. The van der Waals surface area contributed by atoms with Gasteiger partial charge in [0.25, 0.3) is 0 Å². The highest BCUT2D eigenvalue weighted by Gasteiger charge is 2.24. The molecule has 1 atom stereocenters. The van der Waals surface area contributed by atoms with Gasteiger partial charge in [-0.3, -0.25) is 4.90 Å². The summed E-state index contributed by atoms with van der Waals surface area (Å²) in [6.45, 7) is 9.85. The molecule has 1 saturated heterocycles. The summed E-state index contributed by atoms with van der Waals surface area (Å²) in [7, 11) is -3.46. The lowest BCUT2D eigenvalue weighted by Gasteiger charge is -2.35. The average molecular weight is 340 g/mol. The summed E-state index contributed by atoms with van der Waals surface area (Å²) in [4.78, 5) is 2.67. The Morgan fingerprint density at radius 3 is 2.57 bits per heavy atom. The van der Waals surface area contributed by atoms with Crippen LogP contribution in [0, 0.1) is 12.8 Å². The lowest BCUT2D eigenvalue weighted by atomic mass is 10.0. The second-order valence-electron chi connectivity index (χ2n) is 6.60. The van der Waals surface area contributed by atoms with E-state index in [1.165, 1.54) is 0 Å². The maximum Gasteiger partial charge on any atom is 0.240 e. The molecular formula is C17H28N2O3S. The van der Waals surface area contributed by atoms with E-state index >= 15 is 0 Å². The van der Waals surface area contributed by atoms with E-state index in [0.717, 1.165) is 38.3 Å². The lowest BCUT2D eigenvalue weighted by molar-refractivity contribution is 0.0134. The average Bonchev–Trinajstić information content (AvgIpc) is 2.52. The zero-order chi connectivity index (χ0) is 16.9. The van der Waals surface area contributed by atoms with Gasteiger partial charge in [-0.2, -0.15) is 0 Å². The Kier molecular flexibility index (Phi) is 6.59. The van der Waals surface area contributed by atoms with Crippen LogP contribution in [-0.2, 0) is 14.8 Å². The van der Waals surface area contributed by atoms with Crippen LogP contribution >= 0.6 is 0 Å². The van der Waals surface area contributed by atoms with Crippen molar-refractivity contribution < 1.29 is 13.2 Å². The summed E-state index contributed by atoms with van der Waals surface area (Å²) in [5.74, 6) is 0.520. The summed E-state index contributed by atoms with van der Waals surface area (Å²) >= 11 is 0. The smallest absolute Gasteiger partial charge is 0.240 e. The SMILES string of the molecule is Cc1cccc(S(=O)(=O)NCC(CC(C)C)N2CCOCC2)c1. The summed E-state index contributed by atoms with van der Waals surface area (Å²) in [6, 6.07) is 7.22. The van der Waals surface area contributed by atoms with Crippen molar-refractivity contribution in [3.8, 4) is 0 Å². The highest BCUT2D eigenvalue weighted by Crippen LogP contribution is 2.15. The van der Waals surface area contributed by atoms with Gasteiger partial charge in [0.15, 0.2) is 0 Å². The van der Waals surface area contributed by atoms with Crippen LogP contribution in [-0.4, -0.2) is 52.2 Å². The Bertz CT molecular complexity index is 596. The quantitative estimate of drug-likeness (QED) is 0.825. The molecule has 5 nitrogen and oxygen atoms in total. The van der Waals surface area contributed by atoms with Gasteiger partial charge in [-0.05, 0) is 37.0 Å². The maximum atomic E-state index is 12.5. The summed E-state index contributed by atoms with van der Waals surface area (Å²) in [5, 5.41) is 0. The largest absolute Gasteiger partial charge is 0.379 e. The molecule has 1 N–H and O–H groups in total. The fourth-order valence-corrected chi connectivity index (χ4v) is 4.10. The van der Waals surface area contributed by atoms with E-state index in [2.05, 4.69) is 23.5 Å². The van der Waals surface area contributed by atoms with Crippen molar-refractivity contribution in [1.29, 1.82) is 0 Å².